The minimum Gasteiger partial charge on any atom is -0.362 e. The fourth-order valence-electron chi connectivity index (χ4n) is 1.76. The van der Waals surface area contributed by atoms with Crippen molar-refractivity contribution in [1.29, 1.82) is 0 Å². The molecule has 0 spiro atoms. The fraction of sp³-hybridized carbons (Fsp3) is 0.636. The first kappa shape index (κ1) is 8.82. The Kier molecular flexibility index (Phi) is 1.95. The molecule has 1 aromatic rings. The second-order valence-corrected chi connectivity index (χ2v) is 4.86. The number of aromatic nitrogens is 1. The number of H-pyrrole nitrogens is 1. The van der Waals surface area contributed by atoms with Crippen LogP contribution in [0.15, 0.2) is 6.07 Å². The van der Waals surface area contributed by atoms with Crippen molar-refractivity contribution < 1.29 is 0 Å². The van der Waals surface area contributed by atoms with Crippen molar-refractivity contribution in [1.82, 2.24) is 10.3 Å². The van der Waals surface area contributed by atoms with Crippen LogP contribution in [0.5, 0.6) is 0 Å². The summed E-state index contributed by atoms with van der Waals surface area (Å²) in [6.07, 6.45) is 1.14. The molecule has 1 aliphatic rings. The van der Waals surface area contributed by atoms with E-state index < -0.39 is 0 Å². The quantitative estimate of drug-likeness (QED) is 0.624. The van der Waals surface area contributed by atoms with Gasteiger partial charge in [0.25, 0.3) is 0 Å². The Hall–Kier alpha value is -0.760. The molecule has 2 heteroatoms. The second-order valence-electron chi connectivity index (χ2n) is 4.86. The molecule has 0 bridgehead atoms. The zero-order chi connectivity index (χ0) is 9.47. The fourth-order valence-corrected chi connectivity index (χ4v) is 1.76. The van der Waals surface area contributed by atoms with Gasteiger partial charge < -0.3 is 10.3 Å². The van der Waals surface area contributed by atoms with Gasteiger partial charge in [-0.1, -0.05) is 20.8 Å². The number of fused-ring (bicyclic) bond motifs is 1. The molecule has 0 aromatic carbocycles. The predicted molar refractivity (Wildman–Crippen MR) is 54.9 cm³/mol. The molecule has 2 nitrogen and oxygen atoms in total. The summed E-state index contributed by atoms with van der Waals surface area (Å²) in [5.41, 5.74) is 4.50. The van der Waals surface area contributed by atoms with Gasteiger partial charge in [-0.25, -0.2) is 0 Å². The Labute approximate surface area is 79.7 Å². The summed E-state index contributed by atoms with van der Waals surface area (Å²) < 4.78 is 0. The molecular formula is C11H18N2. The summed E-state index contributed by atoms with van der Waals surface area (Å²) in [6, 6.07) is 2.31. The van der Waals surface area contributed by atoms with Gasteiger partial charge >= 0.3 is 0 Å². The van der Waals surface area contributed by atoms with Gasteiger partial charge in [-0.2, -0.15) is 0 Å². The van der Waals surface area contributed by atoms with Crippen LogP contribution in [-0.2, 0) is 18.4 Å². The Balaban J connectivity index is 2.36. The number of hydrogen-bond donors (Lipinski definition) is 2. The van der Waals surface area contributed by atoms with E-state index in [-0.39, 0.29) is 5.41 Å². The van der Waals surface area contributed by atoms with Crippen LogP contribution >= 0.6 is 0 Å². The zero-order valence-electron chi connectivity index (χ0n) is 8.70. The molecule has 0 aliphatic carbocycles. The van der Waals surface area contributed by atoms with Crippen LogP contribution in [0.3, 0.4) is 0 Å². The Morgan fingerprint density at radius 2 is 2.08 bits per heavy atom. The molecule has 0 unspecified atom stereocenters. The first-order valence-corrected chi connectivity index (χ1v) is 4.99. The van der Waals surface area contributed by atoms with Gasteiger partial charge in [-0.05, 0) is 11.6 Å². The first-order valence-electron chi connectivity index (χ1n) is 4.99. The summed E-state index contributed by atoms with van der Waals surface area (Å²) in [5, 5.41) is 3.39. The van der Waals surface area contributed by atoms with Crippen LogP contribution in [0.1, 0.15) is 37.7 Å². The average molecular weight is 178 g/mol. The number of nitrogens with one attached hydrogen (secondary N) is 2. The lowest BCUT2D eigenvalue weighted by Gasteiger charge is -2.16. The minimum atomic E-state index is 0.247. The molecule has 0 saturated carbocycles. The molecule has 72 valence electrons. The largest absolute Gasteiger partial charge is 0.362 e. The van der Waals surface area contributed by atoms with Crippen LogP contribution in [0.4, 0.5) is 0 Å². The summed E-state index contributed by atoms with van der Waals surface area (Å²) >= 11 is 0. The molecule has 2 N–H and O–H groups in total. The number of rotatable bonds is 0. The molecule has 0 radical (unpaired) electrons. The molecule has 0 saturated heterocycles. The van der Waals surface area contributed by atoms with E-state index in [9.17, 15) is 0 Å². The molecular weight excluding hydrogens is 160 g/mol. The lowest BCUT2D eigenvalue weighted by Crippen LogP contribution is -2.22. The monoisotopic (exact) mass is 178 g/mol. The molecule has 0 fully saturated rings. The molecule has 1 aliphatic heterocycles. The molecule has 2 rings (SSSR count). The third kappa shape index (κ3) is 1.63. The van der Waals surface area contributed by atoms with Gasteiger partial charge in [0.05, 0.1) is 0 Å². The summed E-state index contributed by atoms with van der Waals surface area (Å²) in [5.74, 6) is 0. The van der Waals surface area contributed by atoms with Crippen LogP contribution in [0.2, 0.25) is 0 Å². The highest BCUT2D eigenvalue weighted by Crippen LogP contribution is 2.25. The van der Waals surface area contributed by atoms with Gasteiger partial charge in [0.2, 0.25) is 0 Å². The summed E-state index contributed by atoms with van der Waals surface area (Å²) in [4.78, 5) is 3.53. The first-order chi connectivity index (χ1) is 6.07. The van der Waals surface area contributed by atoms with Crippen molar-refractivity contribution in [3.63, 3.8) is 0 Å². The lowest BCUT2D eigenvalue weighted by molar-refractivity contribution is 0.570. The SMILES string of the molecule is CC(C)(C)c1cc2c([nH]1)CCNC2. The smallest absolute Gasteiger partial charge is 0.0223 e. The van der Waals surface area contributed by atoms with Gasteiger partial charge in [0, 0.05) is 36.3 Å². The van der Waals surface area contributed by atoms with Crippen molar-refractivity contribution in [2.45, 2.75) is 39.2 Å². The summed E-state index contributed by atoms with van der Waals surface area (Å²) in [6.45, 7) is 8.88. The Bertz CT molecular complexity index is 281. The molecule has 2 heterocycles. The molecule has 1 aromatic heterocycles. The van der Waals surface area contributed by atoms with Crippen LogP contribution in [-0.4, -0.2) is 11.5 Å². The molecule has 0 atom stereocenters. The van der Waals surface area contributed by atoms with E-state index in [0.717, 1.165) is 19.5 Å². The normalized spacial score (nSPS) is 17.2. The lowest BCUT2D eigenvalue weighted by atomic mass is 9.92. The van der Waals surface area contributed by atoms with Crippen LogP contribution in [0, 0.1) is 0 Å². The molecule has 0 amide bonds. The standard InChI is InChI=1S/C11H18N2/c1-11(2,3)10-6-8-7-12-5-4-9(8)13-10/h6,12-13H,4-5,7H2,1-3H3. The second kappa shape index (κ2) is 2.88. The zero-order valence-corrected chi connectivity index (χ0v) is 8.70. The average Bonchev–Trinajstić information content (AvgIpc) is 2.45. The van der Waals surface area contributed by atoms with Gasteiger partial charge in [0.15, 0.2) is 0 Å². The van der Waals surface area contributed by atoms with Crippen LogP contribution < -0.4 is 5.32 Å². The maximum atomic E-state index is 3.53. The van der Waals surface area contributed by atoms with Gasteiger partial charge in [0.1, 0.15) is 0 Å². The Morgan fingerprint density at radius 3 is 2.69 bits per heavy atom. The van der Waals surface area contributed by atoms with Crippen molar-refractivity contribution in [2.24, 2.45) is 0 Å². The number of hydrogen-bond acceptors (Lipinski definition) is 1. The van der Waals surface area contributed by atoms with E-state index in [1.807, 2.05) is 0 Å². The highest BCUT2D eigenvalue weighted by Gasteiger charge is 2.19. The van der Waals surface area contributed by atoms with Crippen LogP contribution in [0.25, 0.3) is 0 Å². The van der Waals surface area contributed by atoms with Gasteiger partial charge in [-0.15, -0.1) is 0 Å². The minimum absolute atomic E-state index is 0.247. The van der Waals surface area contributed by atoms with E-state index in [1.165, 1.54) is 17.0 Å². The van der Waals surface area contributed by atoms with Crippen molar-refractivity contribution in [3.8, 4) is 0 Å². The maximum absolute atomic E-state index is 3.53. The van der Waals surface area contributed by atoms with Crippen molar-refractivity contribution >= 4 is 0 Å². The number of aromatic amines is 1. The van der Waals surface area contributed by atoms with E-state index in [2.05, 4.69) is 37.1 Å². The maximum Gasteiger partial charge on any atom is 0.0223 e. The molecule has 13 heavy (non-hydrogen) atoms. The van der Waals surface area contributed by atoms with E-state index in [1.54, 1.807) is 0 Å². The third-order valence-electron chi connectivity index (χ3n) is 2.67. The van der Waals surface area contributed by atoms with Gasteiger partial charge in [-0.3, -0.25) is 0 Å². The van der Waals surface area contributed by atoms with E-state index >= 15 is 0 Å². The third-order valence-corrected chi connectivity index (χ3v) is 2.67. The predicted octanol–water partition coefficient (Wildman–Crippen LogP) is 1.96. The summed E-state index contributed by atoms with van der Waals surface area (Å²) in [7, 11) is 0. The van der Waals surface area contributed by atoms with E-state index in [4.69, 9.17) is 0 Å². The topological polar surface area (TPSA) is 27.8 Å². The van der Waals surface area contributed by atoms with Crippen molar-refractivity contribution in [3.05, 3.63) is 23.0 Å². The highest BCUT2D eigenvalue weighted by atomic mass is 14.9. The Morgan fingerprint density at radius 1 is 1.31 bits per heavy atom. The highest BCUT2D eigenvalue weighted by molar-refractivity contribution is 5.31. The van der Waals surface area contributed by atoms with E-state index in [0.29, 0.717) is 0 Å². The van der Waals surface area contributed by atoms with Crippen molar-refractivity contribution in [2.75, 3.05) is 6.54 Å².